The van der Waals surface area contributed by atoms with Crippen LogP contribution in [0.4, 0.5) is 0 Å². The van der Waals surface area contributed by atoms with Crippen LogP contribution in [-0.4, -0.2) is 23.1 Å². The molecular formula is C19H20BrNOS. The van der Waals surface area contributed by atoms with E-state index in [9.17, 15) is 4.79 Å². The molecule has 0 bridgehead atoms. The van der Waals surface area contributed by atoms with Crippen LogP contribution in [0.25, 0.3) is 0 Å². The van der Waals surface area contributed by atoms with Crippen LogP contribution in [0.15, 0.2) is 59.1 Å². The normalized spacial score (nSPS) is 18.9. The van der Waals surface area contributed by atoms with Crippen molar-refractivity contribution in [1.29, 1.82) is 0 Å². The Morgan fingerprint density at radius 2 is 1.91 bits per heavy atom. The fourth-order valence-electron chi connectivity index (χ4n) is 3.04. The van der Waals surface area contributed by atoms with Gasteiger partial charge in [0.2, 0.25) is 5.91 Å². The summed E-state index contributed by atoms with van der Waals surface area (Å²) in [7, 11) is 0. The van der Waals surface area contributed by atoms with Crippen LogP contribution in [0.1, 0.15) is 35.8 Å². The predicted molar refractivity (Wildman–Crippen MR) is 101 cm³/mol. The van der Waals surface area contributed by atoms with E-state index in [-0.39, 0.29) is 17.2 Å². The van der Waals surface area contributed by atoms with Gasteiger partial charge in [-0.25, -0.2) is 0 Å². The molecule has 0 saturated carbocycles. The lowest BCUT2D eigenvalue weighted by Crippen LogP contribution is -2.34. The standard InChI is InChI=1S/C19H20BrNOS/c1-2-17(14-6-4-3-5-7-14)18(22)21-12-13-23-19(21)15-8-10-16(20)11-9-15/h3-11,17,19H,2,12-13H2,1H3. The monoisotopic (exact) mass is 389 g/mol. The van der Waals surface area contributed by atoms with E-state index >= 15 is 0 Å². The zero-order valence-electron chi connectivity index (χ0n) is 13.1. The molecule has 1 fully saturated rings. The van der Waals surface area contributed by atoms with E-state index < -0.39 is 0 Å². The van der Waals surface area contributed by atoms with Gasteiger partial charge >= 0.3 is 0 Å². The van der Waals surface area contributed by atoms with Crippen LogP contribution in [0, 0.1) is 0 Å². The third kappa shape index (κ3) is 3.64. The number of thioether (sulfide) groups is 1. The van der Waals surface area contributed by atoms with Crippen LogP contribution in [-0.2, 0) is 4.79 Å². The molecule has 0 spiro atoms. The maximum atomic E-state index is 13.1. The lowest BCUT2D eigenvalue weighted by molar-refractivity contribution is -0.133. The maximum Gasteiger partial charge on any atom is 0.231 e. The third-order valence-electron chi connectivity index (χ3n) is 4.24. The Morgan fingerprint density at radius 1 is 1.22 bits per heavy atom. The summed E-state index contributed by atoms with van der Waals surface area (Å²) in [6, 6.07) is 18.4. The van der Waals surface area contributed by atoms with Crippen LogP contribution < -0.4 is 0 Å². The van der Waals surface area contributed by atoms with E-state index in [2.05, 4.69) is 52.0 Å². The zero-order valence-corrected chi connectivity index (χ0v) is 15.5. The summed E-state index contributed by atoms with van der Waals surface area (Å²) in [5.41, 5.74) is 2.32. The highest BCUT2D eigenvalue weighted by Crippen LogP contribution is 2.40. The number of halogens is 1. The van der Waals surface area contributed by atoms with Gasteiger partial charge in [-0.05, 0) is 29.7 Å². The van der Waals surface area contributed by atoms with Crippen molar-refractivity contribution in [2.75, 3.05) is 12.3 Å². The highest BCUT2D eigenvalue weighted by molar-refractivity contribution is 9.10. The smallest absolute Gasteiger partial charge is 0.231 e. The summed E-state index contributed by atoms with van der Waals surface area (Å²) in [6.45, 7) is 2.92. The highest BCUT2D eigenvalue weighted by Gasteiger charge is 2.34. The molecule has 0 N–H and O–H groups in total. The van der Waals surface area contributed by atoms with Crippen molar-refractivity contribution in [3.8, 4) is 0 Å². The first kappa shape index (κ1) is 16.6. The van der Waals surface area contributed by atoms with Crippen molar-refractivity contribution in [2.45, 2.75) is 24.6 Å². The molecule has 2 aromatic rings. The second-order valence-corrected chi connectivity index (χ2v) is 7.78. The highest BCUT2D eigenvalue weighted by atomic mass is 79.9. The van der Waals surface area contributed by atoms with Crippen molar-refractivity contribution in [1.82, 2.24) is 4.90 Å². The summed E-state index contributed by atoms with van der Waals surface area (Å²) >= 11 is 5.33. The van der Waals surface area contributed by atoms with E-state index in [1.54, 1.807) is 0 Å². The van der Waals surface area contributed by atoms with Crippen molar-refractivity contribution >= 4 is 33.6 Å². The van der Waals surface area contributed by atoms with Gasteiger partial charge in [0.1, 0.15) is 5.37 Å². The van der Waals surface area contributed by atoms with E-state index in [1.807, 2.05) is 42.1 Å². The number of benzene rings is 2. The molecule has 2 nitrogen and oxygen atoms in total. The number of hydrogen-bond donors (Lipinski definition) is 0. The minimum Gasteiger partial charge on any atom is -0.325 e. The molecule has 4 heteroatoms. The lowest BCUT2D eigenvalue weighted by Gasteiger charge is -2.28. The number of amides is 1. The quantitative estimate of drug-likeness (QED) is 0.714. The molecule has 1 heterocycles. The SMILES string of the molecule is CCC(C(=O)N1CCSC1c1ccc(Br)cc1)c1ccccc1. The number of carbonyl (C=O) groups excluding carboxylic acids is 1. The first-order chi connectivity index (χ1) is 11.2. The number of hydrogen-bond acceptors (Lipinski definition) is 2. The summed E-state index contributed by atoms with van der Waals surface area (Å²) in [4.78, 5) is 15.2. The van der Waals surface area contributed by atoms with Gasteiger partial charge in [0.15, 0.2) is 0 Å². The summed E-state index contributed by atoms with van der Waals surface area (Å²) in [6.07, 6.45) is 0.830. The molecule has 1 aliphatic rings. The first-order valence-electron chi connectivity index (χ1n) is 7.93. The van der Waals surface area contributed by atoms with Crippen LogP contribution in [0.2, 0.25) is 0 Å². The Hall–Kier alpha value is -1.26. The molecular weight excluding hydrogens is 370 g/mol. The second kappa shape index (κ2) is 7.54. The molecule has 2 unspecified atom stereocenters. The molecule has 23 heavy (non-hydrogen) atoms. The van der Waals surface area contributed by atoms with E-state index in [4.69, 9.17) is 0 Å². The first-order valence-corrected chi connectivity index (χ1v) is 9.77. The van der Waals surface area contributed by atoms with Gasteiger partial charge in [0.25, 0.3) is 0 Å². The third-order valence-corrected chi connectivity index (χ3v) is 6.03. The maximum absolute atomic E-state index is 13.1. The minimum atomic E-state index is -0.0483. The Balaban J connectivity index is 1.84. The van der Waals surface area contributed by atoms with Gasteiger partial charge in [-0.15, -0.1) is 11.8 Å². The Kier molecular flexibility index (Phi) is 5.44. The lowest BCUT2D eigenvalue weighted by atomic mass is 9.95. The predicted octanol–water partition coefficient (Wildman–Crippen LogP) is 5.22. The molecule has 0 aliphatic carbocycles. The minimum absolute atomic E-state index is 0.0483. The summed E-state index contributed by atoms with van der Waals surface area (Å²) in [5, 5.41) is 0.133. The Bertz CT molecular complexity index is 659. The summed E-state index contributed by atoms with van der Waals surface area (Å²) in [5.74, 6) is 1.20. The molecule has 1 saturated heterocycles. The average Bonchev–Trinajstić information content (AvgIpc) is 3.07. The Morgan fingerprint density at radius 3 is 2.57 bits per heavy atom. The molecule has 3 rings (SSSR count). The Labute approximate surface area is 150 Å². The fourth-order valence-corrected chi connectivity index (χ4v) is 4.57. The van der Waals surface area contributed by atoms with E-state index in [0.29, 0.717) is 0 Å². The van der Waals surface area contributed by atoms with Crippen molar-refractivity contribution in [2.24, 2.45) is 0 Å². The molecule has 2 aromatic carbocycles. The number of nitrogens with zero attached hydrogens (tertiary/aromatic N) is 1. The van der Waals surface area contributed by atoms with Crippen LogP contribution >= 0.6 is 27.7 Å². The molecule has 0 radical (unpaired) electrons. The summed E-state index contributed by atoms with van der Waals surface area (Å²) < 4.78 is 1.07. The van der Waals surface area contributed by atoms with Gasteiger partial charge in [-0.3, -0.25) is 4.79 Å². The fraction of sp³-hybridized carbons (Fsp3) is 0.316. The average molecular weight is 390 g/mol. The van der Waals surface area contributed by atoms with Crippen molar-refractivity contribution in [3.05, 3.63) is 70.2 Å². The van der Waals surface area contributed by atoms with Gasteiger partial charge in [0.05, 0.1) is 5.92 Å². The van der Waals surface area contributed by atoms with Gasteiger partial charge in [0, 0.05) is 16.8 Å². The molecule has 0 aromatic heterocycles. The second-order valence-electron chi connectivity index (χ2n) is 5.68. The molecule has 2 atom stereocenters. The number of carbonyl (C=O) groups is 1. The van der Waals surface area contributed by atoms with Crippen LogP contribution in [0.3, 0.4) is 0 Å². The van der Waals surface area contributed by atoms with Gasteiger partial charge in [-0.1, -0.05) is 65.3 Å². The number of rotatable bonds is 4. The van der Waals surface area contributed by atoms with E-state index in [0.717, 1.165) is 28.8 Å². The largest absolute Gasteiger partial charge is 0.325 e. The van der Waals surface area contributed by atoms with Crippen molar-refractivity contribution < 1.29 is 4.79 Å². The van der Waals surface area contributed by atoms with Gasteiger partial charge < -0.3 is 4.90 Å². The molecule has 1 aliphatic heterocycles. The van der Waals surface area contributed by atoms with Gasteiger partial charge in [-0.2, -0.15) is 0 Å². The zero-order chi connectivity index (χ0) is 16.2. The van der Waals surface area contributed by atoms with E-state index in [1.165, 1.54) is 5.56 Å². The molecule has 120 valence electrons. The topological polar surface area (TPSA) is 20.3 Å². The molecule has 1 amide bonds. The van der Waals surface area contributed by atoms with Crippen LogP contribution in [0.5, 0.6) is 0 Å². The van der Waals surface area contributed by atoms with Crippen molar-refractivity contribution in [3.63, 3.8) is 0 Å².